The van der Waals surface area contributed by atoms with E-state index in [1.54, 1.807) is 31.4 Å². The highest BCUT2D eigenvalue weighted by Crippen LogP contribution is 2.37. The zero-order valence-corrected chi connectivity index (χ0v) is 13.4. The predicted octanol–water partition coefficient (Wildman–Crippen LogP) is 4.71. The third-order valence-corrected chi connectivity index (χ3v) is 3.49. The van der Waals surface area contributed by atoms with Gasteiger partial charge in [0.25, 0.3) is 0 Å². The zero-order valence-electron chi connectivity index (χ0n) is 11.8. The lowest BCUT2D eigenvalue weighted by Crippen LogP contribution is -1.99. The van der Waals surface area contributed by atoms with Crippen LogP contribution in [0, 0.1) is 17.1 Å². The third-order valence-electron chi connectivity index (χ3n) is 2.90. The highest BCUT2D eigenvalue weighted by atomic mass is 79.9. The number of nitriles is 1. The van der Waals surface area contributed by atoms with Gasteiger partial charge in [0, 0.05) is 6.08 Å². The van der Waals surface area contributed by atoms with Gasteiger partial charge in [0.05, 0.1) is 17.7 Å². The van der Waals surface area contributed by atoms with Gasteiger partial charge in [0.1, 0.15) is 12.4 Å². The fraction of sp³-hybridized carbons (Fsp3) is 0.118. The van der Waals surface area contributed by atoms with Gasteiger partial charge >= 0.3 is 0 Å². The van der Waals surface area contributed by atoms with Gasteiger partial charge in [-0.1, -0.05) is 12.1 Å². The van der Waals surface area contributed by atoms with Crippen LogP contribution in [-0.4, -0.2) is 7.11 Å². The zero-order chi connectivity index (χ0) is 15.9. The SMILES string of the molecule is COc1cc(/C=C/C#N)cc(Br)c1OCc1ccc(F)cc1. The van der Waals surface area contributed by atoms with Crippen molar-refractivity contribution in [3.63, 3.8) is 0 Å². The van der Waals surface area contributed by atoms with Crippen LogP contribution in [0.3, 0.4) is 0 Å². The molecule has 0 bridgehead atoms. The fourth-order valence-corrected chi connectivity index (χ4v) is 2.42. The molecule has 0 heterocycles. The first kappa shape index (κ1) is 16.1. The van der Waals surface area contributed by atoms with Crippen molar-refractivity contribution in [2.45, 2.75) is 6.61 Å². The van der Waals surface area contributed by atoms with Gasteiger partial charge in [-0.2, -0.15) is 5.26 Å². The Morgan fingerprint density at radius 2 is 2.00 bits per heavy atom. The van der Waals surface area contributed by atoms with E-state index in [9.17, 15) is 4.39 Å². The number of halogens is 2. The Bertz CT molecular complexity index is 721. The van der Waals surface area contributed by atoms with E-state index in [1.807, 2.05) is 12.1 Å². The minimum absolute atomic E-state index is 0.281. The molecule has 2 aromatic carbocycles. The molecule has 0 saturated heterocycles. The van der Waals surface area contributed by atoms with Crippen LogP contribution in [0.2, 0.25) is 0 Å². The van der Waals surface area contributed by atoms with E-state index in [0.29, 0.717) is 22.6 Å². The summed E-state index contributed by atoms with van der Waals surface area (Å²) in [6, 6.07) is 11.7. The van der Waals surface area contributed by atoms with E-state index in [-0.39, 0.29) is 5.82 Å². The smallest absolute Gasteiger partial charge is 0.175 e. The minimum atomic E-state index is -0.281. The number of rotatable bonds is 5. The van der Waals surface area contributed by atoms with Crippen molar-refractivity contribution >= 4 is 22.0 Å². The first-order valence-corrected chi connectivity index (χ1v) is 7.24. The van der Waals surface area contributed by atoms with Crippen molar-refractivity contribution in [3.8, 4) is 17.6 Å². The number of methoxy groups -OCH3 is 1. The third kappa shape index (κ3) is 4.09. The van der Waals surface area contributed by atoms with Gasteiger partial charge in [0.2, 0.25) is 0 Å². The highest BCUT2D eigenvalue weighted by molar-refractivity contribution is 9.10. The van der Waals surface area contributed by atoms with Gasteiger partial charge in [-0.25, -0.2) is 4.39 Å². The van der Waals surface area contributed by atoms with E-state index in [2.05, 4.69) is 15.9 Å². The Morgan fingerprint density at radius 1 is 1.27 bits per heavy atom. The average Bonchev–Trinajstić information content (AvgIpc) is 2.53. The van der Waals surface area contributed by atoms with Crippen LogP contribution in [0.25, 0.3) is 6.08 Å². The number of benzene rings is 2. The number of hydrogen-bond donors (Lipinski definition) is 0. The molecule has 0 fully saturated rings. The fourth-order valence-electron chi connectivity index (χ4n) is 1.85. The number of hydrogen-bond acceptors (Lipinski definition) is 3. The summed E-state index contributed by atoms with van der Waals surface area (Å²) in [6.07, 6.45) is 3.07. The van der Waals surface area contributed by atoms with Crippen LogP contribution in [0.4, 0.5) is 4.39 Å². The Kier molecular flexibility index (Phi) is 5.56. The molecule has 0 unspecified atom stereocenters. The second-order valence-corrected chi connectivity index (χ2v) is 5.27. The maximum atomic E-state index is 12.9. The van der Waals surface area contributed by atoms with Crippen molar-refractivity contribution in [3.05, 3.63) is 63.9 Å². The largest absolute Gasteiger partial charge is 0.493 e. The van der Waals surface area contributed by atoms with Crippen molar-refractivity contribution in [2.24, 2.45) is 0 Å². The molecule has 0 saturated carbocycles. The summed E-state index contributed by atoms with van der Waals surface area (Å²) in [7, 11) is 1.55. The van der Waals surface area contributed by atoms with Crippen LogP contribution < -0.4 is 9.47 Å². The van der Waals surface area contributed by atoms with Crippen molar-refractivity contribution < 1.29 is 13.9 Å². The normalized spacial score (nSPS) is 10.5. The maximum Gasteiger partial charge on any atom is 0.175 e. The molecule has 0 spiro atoms. The first-order chi connectivity index (χ1) is 10.6. The molecular weight excluding hydrogens is 349 g/mol. The standard InChI is InChI=1S/C17H13BrFNO2/c1-21-16-10-13(3-2-8-20)9-15(18)17(16)22-11-12-4-6-14(19)7-5-12/h2-7,9-10H,11H2,1H3/b3-2+. The summed E-state index contributed by atoms with van der Waals surface area (Å²) in [6.45, 7) is 0.294. The number of nitrogens with zero attached hydrogens (tertiary/aromatic N) is 1. The molecule has 0 aliphatic rings. The molecule has 0 aliphatic carbocycles. The van der Waals surface area contributed by atoms with Gasteiger partial charge in [-0.05, 0) is 57.4 Å². The predicted molar refractivity (Wildman–Crippen MR) is 86.1 cm³/mol. The van der Waals surface area contributed by atoms with E-state index < -0.39 is 0 Å². The summed E-state index contributed by atoms with van der Waals surface area (Å²) in [5, 5.41) is 8.58. The summed E-state index contributed by atoms with van der Waals surface area (Å²) in [5.74, 6) is 0.825. The van der Waals surface area contributed by atoms with E-state index in [0.717, 1.165) is 11.1 Å². The highest BCUT2D eigenvalue weighted by Gasteiger charge is 2.11. The van der Waals surface area contributed by atoms with Gasteiger partial charge in [-0.3, -0.25) is 0 Å². The average molecular weight is 362 g/mol. The van der Waals surface area contributed by atoms with E-state index in [1.165, 1.54) is 18.2 Å². The van der Waals surface area contributed by atoms with Crippen molar-refractivity contribution in [2.75, 3.05) is 7.11 Å². The minimum Gasteiger partial charge on any atom is -0.493 e. The Labute approximate surface area is 136 Å². The van der Waals surface area contributed by atoms with Crippen LogP contribution in [-0.2, 0) is 6.61 Å². The van der Waals surface area contributed by atoms with Crippen LogP contribution in [0.1, 0.15) is 11.1 Å². The molecule has 3 nitrogen and oxygen atoms in total. The lowest BCUT2D eigenvalue weighted by atomic mass is 10.2. The van der Waals surface area contributed by atoms with Crippen LogP contribution >= 0.6 is 15.9 Å². The second-order valence-electron chi connectivity index (χ2n) is 4.41. The summed E-state index contributed by atoms with van der Waals surface area (Å²) in [5.41, 5.74) is 1.67. The molecule has 0 aromatic heterocycles. The van der Waals surface area contributed by atoms with Crippen molar-refractivity contribution in [1.29, 1.82) is 5.26 Å². The van der Waals surface area contributed by atoms with Gasteiger partial charge < -0.3 is 9.47 Å². The second kappa shape index (κ2) is 7.62. The molecular formula is C17H13BrFNO2. The van der Waals surface area contributed by atoms with Crippen LogP contribution in [0.15, 0.2) is 46.9 Å². The molecule has 2 rings (SSSR count). The van der Waals surface area contributed by atoms with E-state index in [4.69, 9.17) is 14.7 Å². The lowest BCUT2D eigenvalue weighted by molar-refractivity contribution is 0.282. The Morgan fingerprint density at radius 3 is 2.64 bits per heavy atom. The molecule has 112 valence electrons. The molecule has 0 atom stereocenters. The summed E-state index contributed by atoms with van der Waals surface area (Å²) < 4.78 is 24.7. The maximum absolute atomic E-state index is 12.9. The lowest BCUT2D eigenvalue weighted by Gasteiger charge is -2.13. The quantitative estimate of drug-likeness (QED) is 0.724. The summed E-state index contributed by atoms with van der Waals surface area (Å²) >= 11 is 3.43. The number of ether oxygens (including phenoxy) is 2. The van der Waals surface area contributed by atoms with Gasteiger partial charge in [0.15, 0.2) is 11.5 Å². The number of allylic oxidation sites excluding steroid dienone is 1. The molecule has 5 heteroatoms. The molecule has 22 heavy (non-hydrogen) atoms. The monoisotopic (exact) mass is 361 g/mol. The molecule has 0 N–H and O–H groups in total. The topological polar surface area (TPSA) is 42.2 Å². The molecule has 2 aromatic rings. The van der Waals surface area contributed by atoms with Gasteiger partial charge in [-0.15, -0.1) is 0 Å². The Hall–Kier alpha value is -2.32. The Balaban J connectivity index is 2.21. The van der Waals surface area contributed by atoms with Crippen LogP contribution in [0.5, 0.6) is 11.5 Å². The molecule has 0 radical (unpaired) electrons. The summed E-state index contributed by atoms with van der Waals surface area (Å²) in [4.78, 5) is 0. The van der Waals surface area contributed by atoms with E-state index >= 15 is 0 Å². The first-order valence-electron chi connectivity index (χ1n) is 6.45. The van der Waals surface area contributed by atoms with Crippen molar-refractivity contribution in [1.82, 2.24) is 0 Å². The molecule has 0 aliphatic heterocycles. The molecule has 0 amide bonds.